The zero-order valence-electron chi connectivity index (χ0n) is 18.9. The summed E-state index contributed by atoms with van der Waals surface area (Å²) in [5.74, 6) is 0.222. The lowest BCUT2D eigenvalue weighted by molar-refractivity contribution is -0.229. The first-order chi connectivity index (χ1) is 15.6. The number of amides is 1. The van der Waals surface area contributed by atoms with Crippen LogP contribution in [0, 0.1) is 5.92 Å². The number of nitrogens with zero attached hydrogens (tertiary/aromatic N) is 2. The lowest BCUT2D eigenvalue weighted by atomic mass is 9.77. The van der Waals surface area contributed by atoms with E-state index >= 15 is 0 Å². The minimum absolute atomic E-state index is 0.128. The largest absolute Gasteiger partial charge is 0.469 e. The molecule has 0 aromatic heterocycles. The number of esters is 1. The van der Waals surface area contributed by atoms with Gasteiger partial charge in [0.15, 0.2) is 0 Å². The molecule has 0 radical (unpaired) electrons. The van der Waals surface area contributed by atoms with E-state index in [-0.39, 0.29) is 18.3 Å². The number of rotatable bonds is 8. The Morgan fingerprint density at radius 1 is 1.16 bits per heavy atom. The zero-order chi connectivity index (χ0) is 22.6. The Balaban J connectivity index is 1.49. The predicted molar refractivity (Wildman–Crippen MR) is 127 cm³/mol. The first-order valence-electron chi connectivity index (χ1n) is 11.3. The van der Waals surface area contributed by atoms with Crippen molar-refractivity contribution in [1.82, 2.24) is 9.96 Å². The number of hydrogen-bond acceptors (Lipinski definition) is 6. The number of thioether (sulfide) groups is 1. The van der Waals surface area contributed by atoms with Gasteiger partial charge in [0.1, 0.15) is 6.61 Å². The summed E-state index contributed by atoms with van der Waals surface area (Å²) in [5, 5.41) is 3.84. The highest BCUT2D eigenvalue weighted by molar-refractivity contribution is 7.98. The molecule has 2 aromatic rings. The van der Waals surface area contributed by atoms with E-state index < -0.39 is 11.5 Å². The van der Waals surface area contributed by atoms with Crippen LogP contribution in [0.5, 0.6) is 0 Å². The second-order valence-corrected chi connectivity index (χ2v) is 9.70. The second-order valence-electron chi connectivity index (χ2n) is 8.71. The predicted octanol–water partition coefficient (Wildman–Crippen LogP) is 3.88. The van der Waals surface area contributed by atoms with Crippen LogP contribution in [0.2, 0.25) is 0 Å². The summed E-state index contributed by atoms with van der Waals surface area (Å²) in [4.78, 5) is 34.2. The van der Waals surface area contributed by atoms with Gasteiger partial charge >= 0.3 is 5.97 Å². The molecular formula is C25H32N2O4S. The van der Waals surface area contributed by atoms with Crippen molar-refractivity contribution < 1.29 is 19.2 Å². The molecule has 4 rings (SSSR count). The molecule has 7 heteroatoms. The molecule has 1 spiro atoms. The van der Waals surface area contributed by atoms with E-state index in [1.165, 1.54) is 17.6 Å². The topological polar surface area (TPSA) is 59.1 Å². The van der Waals surface area contributed by atoms with Crippen LogP contribution < -0.4 is 0 Å². The maximum Gasteiger partial charge on any atom is 0.311 e. The normalized spacial score (nSPS) is 20.9. The molecule has 1 unspecified atom stereocenters. The van der Waals surface area contributed by atoms with E-state index in [1.807, 2.05) is 30.0 Å². The lowest BCUT2D eigenvalue weighted by Gasteiger charge is -2.45. The number of ether oxygens (including phenoxy) is 1. The molecule has 1 atom stereocenters. The first-order valence-corrected chi connectivity index (χ1v) is 12.7. The van der Waals surface area contributed by atoms with Gasteiger partial charge in [-0.15, -0.1) is 0 Å². The summed E-state index contributed by atoms with van der Waals surface area (Å²) in [7, 11) is 1.40. The summed E-state index contributed by atoms with van der Waals surface area (Å²) in [6, 6.07) is 14.4. The summed E-state index contributed by atoms with van der Waals surface area (Å²) < 4.78 is 5.09. The van der Waals surface area contributed by atoms with Gasteiger partial charge in [0, 0.05) is 19.5 Å². The number of carbonyl (C=O) groups is 2. The van der Waals surface area contributed by atoms with Crippen LogP contribution in [0.4, 0.5) is 0 Å². The Morgan fingerprint density at radius 2 is 1.91 bits per heavy atom. The van der Waals surface area contributed by atoms with E-state index in [0.29, 0.717) is 6.61 Å². The van der Waals surface area contributed by atoms with Gasteiger partial charge in [0.05, 0.1) is 18.6 Å². The molecule has 0 saturated carbocycles. The third-order valence-electron chi connectivity index (χ3n) is 6.86. The Labute approximate surface area is 194 Å². The minimum Gasteiger partial charge on any atom is -0.469 e. The second kappa shape index (κ2) is 10.2. The highest BCUT2D eigenvalue weighted by atomic mass is 32.2. The van der Waals surface area contributed by atoms with E-state index in [2.05, 4.69) is 35.4 Å². The molecule has 1 amide bonds. The highest BCUT2D eigenvalue weighted by Crippen LogP contribution is 2.44. The van der Waals surface area contributed by atoms with Gasteiger partial charge in [-0.2, -0.15) is 11.8 Å². The van der Waals surface area contributed by atoms with Crippen molar-refractivity contribution in [3.05, 3.63) is 48.0 Å². The Hall–Kier alpha value is -2.09. The van der Waals surface area contributed by atoms with Crippen LogP contribution in [0.25, 0.3) is 10.8 Å². The average molecular weight is 457 g/mol. The summed E-state index contributed by atoms with van der Waals surface area (Å²) in [5.41, 5.74) is 0.375. The van der Waals surface area contributed by atoms with Gasteiger partial charge in [-0.1, -0.05) is 36.4 Å². The standard InChI is InChI=1S/C25H32N2O4S/c1-30-24(29)22-17-23(28)27(25(22)10-13-26(14-11-25)12-5-15-32-2)31-18-19-8-9-20-6-3-4-7-21(20)16-19/h3-4,6-9,16,22H,5,10-15,17-18H2,1-2H3. The summed E-state index contributed by atoms with van der Waals surface area (Å²) in [6.45, 7) is 3.05. The molecule has 0 bridgehead atoms. The molecule has 2 aromatic carbocycles. The molecular weight excluding hydrogens is 424 g/mol. The van der Waals surface area contributed by atoms with E-state index in [0.717, 1.165) is 55.6 Å². The molecule has 2 aliphatic heterocycles. The van der Waals surface area contributed by atoms with Gasteiger partial charge in [0.2, 0.25) is 5.91 Å². The Bertz CT molecular complexity index is 958. The van der Waals surface area contributed by atoms with E-state index in [9.17, 15) is 9.59 Å². The van der Waals surface area contributed by atoms with Crippen molar-refractivity contribution in [1.29, 1.82) is 0 Å². The molecule has 172 valence electrons. The fourth-order valence-corrected chi connectivity index (χ4v) is 5.52. The van der Waals surface area contributed by atoms with Gasteiger partial charge < -0.3 is 9.64 Å². The number of piperidine rings is 1. The van der Waals surface area contributed by atoms with E-state index in [4.69, 9.17) is 9.57 Å². The maximum absolute atomic E-state index is 13.0. The van der Waals surface area contributed by atoms with Crippen LogP contribution >= 0.6 is 11.8 Å². The molecule has 2 fully saturated rings. The van der Waals surface area contributed by atoms with Crippen LogP contribution in [0.1, 0.15) is 31.2 Å². The maximum atomic E-state index is 13.0. The fraction of sp³-hybridized carbons (Fsp3) is 0.520. The van der Waals surface area contributed by atoms with Crippen LogP contribution in [-0.4, -0.2) is 66.1 Å². The van der Waals surface area contributed by atoms with Crippen molar-refractivity contribution in [3.63, 3.8) is 0 Å². The first kappa shape index (κ1) is 23.1. The SMILES string of the molecule is COC(=O)C1CC(=O)N(OCc2ccc3ccccc3c2)C12CCN(CCCSC)CC2. The van der Waals surface area contributed by atoms with Gasteiger partial charge in [-0.25, -0.2) is 5.06 Å². The summed E-state index contributed by atoms with van der Waals surface area (Å²) in [6.07, 6.45) is 4.86. The number of hydrogen-bond donors (Lipinski definition) is 0. The number of methoxy groups -OCH3 is 1. The quantitative estimate of drug-likeness (QED) is 0.444. The fourth-order valence-electron chi connectivity index (χ4n) is 5.10. The lowest BCUT2D eigenvalue weighted by Crippen LogP contribution is -2.57. The molecule has 32 heavy (non-hydrogen) atoms. The Kier molecular flexibility index (Phi) is 7.38. The van der Waals surface area contributed by atoms with Gasteiger partial charge in [0.25, 0.3) is 0 Å². The number of benzene rings is 2. The molecule has 0 aliphatic carbocycles. The number of fused-ring (bicyclic) bond motifs is 1. The third kappa shape index (κ3) is 4.65. The summed E-state index contributed by atoms with van der Waals surface area (Å²) >= 11 is 1.86. The van der Waals surface area contributed by atoms with Gasteiger partial charge in [-0.05, 0) is 60.2 Å². The van der Waals surface area contributed by atoms with E-state index in [1.54, 1.807) is 0 Å². The monoisotopic (exact) mass is 456 g/mol. The van der Waals surface area contributed by atoms with Crippen molar-refractivity contribution in [2.75, 3.05) is 38.8 Å². The van der Waals surface area contributed by atoms with Crippen LogP contribution in [-0.2, 0) is 25.8 Å². The molecule has 6 nitrogen and oxygen atoms in total. The Morgan fingerprint density at radius 3 is 2.62 bits per heavy atom. The van der Waals surface area contributed by atoms with Crippen LogP contribution in [0.3, 0.4) is 0 Å². The molecule has 2 saturated heterocycles. The highest BCUT2D eigenvalue weighted by Gasteiger charge is 2.58. The van der Waals surface area contributed by atoms with Crippen molar-refractivity contribution in [3.8, 4) is 0 Å². The third-order valence-corrected chi connectivity index (χ3v) is 7.56. The zero-order valence-corrected chi connectivity index (χ0v) is 19.7. The number of hydroxylamine groups is 2. The van der Waals surface area contributed by atoms with Crippen LogP contribution in [0.15, 0.2) is 42.5 Å². The van der Waals surface area contributed by atoms with Gasteiger partial charge in [-0.3, -0.25) is 14.4 Å². The average Bonchev–Trinajstić information content (AvgIpc) is 3.09. The molecule has 0 N–H and O–H groups in total. The molecule has 2 aliphatic rings. The van der Waals surface area contributed by atoms with Crippen molar-refractivity contribution in [2.45, 2.75) is 37.8 Å². The minimum atomic E-state index is -0.628. The number of carbonyl (C=O) groups excluding carboxylic acids is 2. The molecule has 2 heterocycles. The van der Waals surface area contributed by atoms with Crippen molar-refractivity contribution >= 4 is 34.4 Å². The number of likely N-dealkylation sites (tertiary alicyclic amines) is 1. The van der Waals surface area contributed by atoms with Crippen molar-refractivity contribution in [2.24, 2.45) is 5.92 Å². The smallest absolute Gasteiger partial charge is 0.311 e.